The van der Waals surface area contributed by atoms with Crippen LogP contribution in [0.3, 0.4) is 0 Å². The smallest absolute Gasteiger partial charge is 0.173 e. The number of nitrogens with one attached hydrogen (secondary N) is 1. The highest BCUT2D eigenvalue weighted by molar-refractivity contribution is 7.89. The van der Waals surface area contributed by atoms with E-state index in [0.717, 1.165) is 18.0 Å². The van der Waals surface area contributed by atoms with E-state index >= 15 is 0 Å². The fraction of sp³-hybridized carbons (Fsp3) is 0.538. The zero-order valence-corrected chi connectivity index (χ0v) is 11.1. The van der Waals surface area contributed by atoms with Crippen LogP contribution in [0.4, 0.5) is 0 Å². The van der Waals surface area contributed by atoms with Gasteiger partial charge >= 0.3 is 0 Å². The monoisotopic (exact) mass is 252 g/mol. The van der Waals surface area contributed by atoms with Gasteiger partial charge < -0.3 is 9.45 Å². The van der Waals surface area contributed by atoms with Gasteiger partial charge in [-0.2, -0.15) is 0 Å². The highest BCUT2D eigenvalue weighted by Gasteiger charge is 2.13. The number of rotatable bonds is 5. The Balaban J connectivity index is 1.72. The van der Waals surface area contributed by atoms with Crippen LogP contribution in [0.25, 0.3) is 0 Å². The second kappa shape index (κ2) is 6.40. The molecule has 3 nitrogen and oxygen atoms in total. The predicted octanol–water partition coefficient (Wildman–Crippen LogP) is 1.70. The lowest BCUT2D eigenvalue weighted by molar-refractivity contribution is 0.344. The molecule has 1 fully saturated rings. The van der Waals surface area contributed by atoms with E-state index in [2.05, 4.69) is 9.62 Å². The van der Waals surface area contributed by atoms with Crippen molar-refractivity contribution in [1.82, 2.24) is 9.62 Å². The Morgan fingerprint density at radius 2 is 1.88 bits per heavy atom. The summed E-state index contributed by atoms with van der Waals surface area (Å²) in [6.07, 6.45) is 2.61. The van der Waals surface area contributed by atoms with Crippen molar-refractivity contribution < 1.29 is 4.55 Å². The SMILES string of the molecule is Cc1ccc([S+]([O-])NCCN2CCCC2)cc1. The van der Waals surface area contributed by atoms with Crippen LogP contribution in [0.15, 0.2) is 29.2 Å². The Bertz CT molecular complexity index is 336. The Kier molecular flexibility index (Phi) is 4.86. The van der Waals surface area contributed by atoms with Gasteiger partial charge in [0.15, 0.2) is 4.90 Å². The van der Waals surface area contributed by atoms with E-state index < -0.39 is 11.4 Å². The van der Waals surface area contributed by atoms with E-state index in [9.17, 15) is 4.55 Å². The van der Waals surface area contributed by atoms with Gasteiger partial charge in [-0.25, -0.2) is 0 Å². The van der Waals surface area contributed by atoms with Crippen LogP contribution in [0, 0.1) is 6.92 Å². The summed E-state index contributed by atoms with van der Waals surface area (Å²) in [6, 6.07) is 7.84. The molecule has 0 bridgehead atoms. The molecule has 0 aliphatic carbocycles. The molecule has 1 heterocycles. The number of hydrogen-bond acceptors (Lipinski definition) is 3. The predicted molar refractivity (Wildman–Crippen MR) is 71.3 cm³/mol. The van der Waals surface area contributed by atoms with Gasteiger partial charge in [-0.3, -0.25) is 0 Å². The molecule has 1 saturated heterocycles. The molecule has 1 aliphatic heterocycles. The first-order chi connectivity index (χ1) is 8.25. The molecular formula is C13H20N2OS. The van der Waals surface area contributed by atoms with Gasteiger partial charge in [-0.1, -0.05) is 17.7 Å². The largest absolute Gasteiger partial charge is 0.593 e. The summed E-state index contributed by atoms with van der Waals surface area (Å²) in [5.41, 5.74) is 1.20. The normalized spacial score (nSPS) is 18.5. The first kappa shape index (κ1) is 12.9. The van der Waals surface area contributed by atoms with Gasteiger partial charge in [0, 0.05) is 6.54 Å². The lowest BCUT2D eigenvalue weighted by atomic mass is 10.2. The molecule has 1 aromatic carbocycles. The van der Waals surface area contributed by atoms with Crippen LogP contribution >= 0.6 is 0 Å². The molecule has 94 valence electrons. The van der Waals surface area contributed by atoms with Crippen molar-refractivity contribution in [2.45, 2.75) is 24.7 Å². The van der Waals surface area contributed by atoms with Crippen molar-refractivity contribution in [3.8, 4) is 0 Å². The molecule has 0 amide bonds. The third-order valence-electron chi connectivity index (χ3n) is 3.09. The lowest BCUT2D eigenvalue weighted by Gasteiger charge is -2.16. The summed E-state index contributed by atoms with van der Waals surface area (Å²) >= 11 is -1.07. The molecule has 0 saturated carbocycles. The molecule has 0 aromatic heterocycles. The number of hydrogen-bond donors (Lipinski definition) is 1. The van der Waals surface area contributed by atoms with Crippen LogP contribution in [-0.4, -0.2) is 35.6 Å². The molecule has 1 aromatic rings. The van der Waals surface area contributed by atoms with Crippen LogP contribution in [0.2, 0.25) is 0 Å². The Morgan fingerprint density at radius 3 is 2.53 bits per heavy atom. The highest BCUT2D eigenvalue weighted by Crippen LogP contribution is 2.10. The summed E-state index contributed by atoms with van der Waals surface area (Å²) in [4.78, 5) is 3.27. The molecule has 4 heteroatoms. The molecule has 1 atom stereocenters. The Morgan fingerprint density at radius 1 is 1.24 bits per heavy atom. The second-order valence-electron chi connectivity index (χ2n) is 4.52. The topological polar surface area (TPSA) is 38.3 Å². The summed E-state index contributed by atoms with van der Waals surface area (Å²) < 4.78 is 15.0. The Hall–Kier alpha value is -0.550. The van der Waals surface area contributed by atoms with Crippen molar-refractivity contribution in [2.24, 2.45) is 0 Å². The van der Waals surface area contributed by atoms with Gasteiger partial charge in [0.05, 0.1) is 17.9 Å². The number of nitrogens with zero attached hydrogens (tertiary/aromatic N) is 1. The zero-order valence-electron chi connectivity index (χ0n) is 10.3. The van der Waals surface area contributed by atoms with Crippen molar-refractivity contribution in [2.75, 3.05) is 26.2 Å². The maximum atomic E-state index is 11.9. The van der Waals surface area contributed by atoms with Crippen LogP contribution < -0.4 is 4.72 Å². The minimum Gasteiger partial charge on any atom is -0.593 e. The van der Waals surface area contributed by atoms with E-state index in [1.807, 2.05) is 31.2 Å². The number of benzene rings is 1. The first-order valence-electron chi connectivity index (χ1n) is 6.20. The Labute approximate surface area is 107 Å². The highest BCUT2D eigenvalue weighted by atomic mass is 32.2. The third-order valence-corrected chi connectivity index (χ3v) is 4.26. The maximum absolute atomic E-state index is 11.9. The van der Waals surface area contributed by atoms with E-state index in [-0.39, 0.29) is 0 Å². The van der Waals surface area contributed by atoms with Crippen molar-refractivity contribution in [3.05, 3.63) is 29.8 Å². The number of aryl methyl sites for hydroxylation is 1. The van der Waals surface area contributed by atoms with E-state index in [1.165, 1.54) is 31.5 Å². The van der Waals surface area contributed by atoms with Crippen molar-refractivity contribution in [1.29, 1.82) is 0 Å². The summed E-state index contributed by atoms with van der Waals surface area (Å²) in [5, 5.41) is 0. The van der Waals surface area contributed by atoms with E-state index in [4.69, 9.17) is 0 Å². The van der Waals surface area contributed by atoms with E-state index in [1.54, 1.807) is 0 Å². The van der Waals surface area contributed by atoms with Gasteiger partial charge in [0.1, 0.15) is 0 Å². The fourth-order valence-electron chi connectivity index (χ4n) is 2.05. The summed E-state index contributed by atoms with van der Waals surface area (Å²) in [7, 11) is 0. The van der Waals surface area contributed by atoms with Gasteiger partial charge in [0.25, 0.3) is 0 Å². The second-order valence-corrected chi connectivity index (χ2v) is 5.82. The molecule has 2 rings (SSSR count). The molecule has 1 N–H and O–H groups in total. The molecule has 1 unspecified atom stereocenters. The molecule has 17 heavy (non-hydrogen) atoms. The molecule has 1 aliphatic rings. The molecular weight excluding hydrogens is 232 g/mol. The van der Waals surface area contributed by atoms with Crippen molar-refractivity contribution >= 4 is 11.4 Å². The van der Waals surface area contributed by atoms with Gasteiger partial charge in [-0.05, 0) is 45.0 Å². The van der Waals surface area contributed by atoms with Crippen molar-refractivity contribution in [3.63, 3.8) is 0 Å². The van der Waals surface area contributed by atoms with Gasteiger partial charge in [0.2, 0.25) is 0 Å². The summed E-state index contributed by atoms with van der Waals surface area (Å²) in [6.45, 7) is 6.21. The zero-order chi connectivity index (χ0) is 12.1. The fourth-order valence-corrected chi connectivity index (χ4v) is 2.87. The van der Waals surface area contributed by atoms with Crippen LogP contribution in [0.1, 0.15) is 18.4 Å². The van der Waals surface area contributed by atoms with Gasteiger partial charge in [-0.15, -0.1) is 4.72 Å². The standard InChI is InChI=1S/C13H20N2OS/c1-12-4-6-13(7-5-12)17(16)14-8-11-15-9-2-3-10-15/h4-7,14H,2-3,8-11H2,1H3. The number of likely N-dealkylation sites (tertiary alicyclic amines) is 1. The average Bonchev–Trinajstić information content (AvgIpc) is 2.83. The minimum absolute atomic E-state index is 0.792. The summed E-state index contributed by atoms with van der Waals surface area (Å²) in [5.74, 6) is 0. The third kappa shape index (κ3) is 4.00. The van der Waals surface area contributed by atoms with E-state index in [0.29, 0.717) is 0 Å². The quantitative estimate of drug-likeness (QED) is 0.811. The molecule has 0 radical (unpaired) electrons. The maximum Gasteiger partial charge on any atom is 0.173 e. The lowest BCUT2D eigenvalue weighted by Crippen LogP contribution is -2.33. The average molecular weight is 252 g/mol. The van der Waals surface area contributed by atoms with Crippen LogP contribution in [0.5, 0.6) is 0 Å². The van der Waals surface area contributed by atoms with Crippen LogP contribution in [-0.2, 0) is 11.4 Å². The first-order valence-corrected chi connectivity index (χ1v) is 7.35. The minimum atomic E-state index is -1.07. The molecule has 0 spiro atoms.